The number of aromatic amines is 1. The normalized spacial score (nSPS) is 22.3. The molecule has 3 rings (SSSR count). The van der Waals surface area contributed by atoms with Crippen LogP contribution in [-0.4, -0.2) is 27.7 Å². The van der Waals surface area contributed by atoms with Crippen molar-refractivity contribution in [3.05, 3.63) is 42.1 Å². The van der Waals surface area contributed by atoms with Crippen molar-refractivity contribution in [2.75, 3.05) is 6.26 Å². The molecule has 0 radical (unpaired) electrons. The van der Waals surface area contributed by atoms with E-state index in [0.29, 0.717) is 6.04 Å². The van der Waals surface area contributed by atoms with Crippen LogP contribution >= 0.6 is 11.8 Å². The van der Waals surface area contributed by atoms with Crippen molar-refractivity contribution >= 4 is 11.8 Å². The molecule has 0 bridgehead atoms. The maximum absolute atomic E-state index is 4.23. The summed E-state index contributed by atoms with van der Waals surface area (Å²) in [6, 6.07) is 11.1. The van der Waals surface area contributed by atoms with E-state index in [0.717, 1.165) is 17.5 Å². The second-order valence-electron chi connectivity index (χ2n) is 5.68. The van der Waals surface area contributed by atoms with Crippen LogP contribution in [0.15, 0.2) is 36.5 Å². The van der Waals surface area contributed by atoms with Crippen molar-refractivity contribution < 1.29 is 0 Å². The molecule has 2 unspecified atom stereocenters. The summed E-state index contributed by atoms with van der Waals surface area (Å²) in [5, 5.41) is 11.9. The van der Waals surface area contributed by atoms with Crippen LogP contribution in [0.5, 0.6) is 0 Å². The van der Waals surface area contributed by atoms with Crippen molar-refractivity contribution in [1.29, 1.82) is 0 Å². The molecule has 2 N–H and O–H groups in total. The molecule has 0 saturated heterocycles. The molecule has 1 saturated carbocycles. The van der Waals surface area contributed by atoms with E-state index in [2.05, 4.69) is 46.0 Å². The maximum atomic E-state index is 4.23. The maximum Gasteiger partial charge on any atom is 0.0695 e. The highest BCUT2D eigenvalue weighted by molar-refractivity contribution is 7.99. The molecule has 0 aliphatic heterocycles. The van der Waals surface area contributed by atoms with Gasteiger partial charge >= 0.3 is 0 Å². The summed E-state index contributed by atoms with van der Waals surface area (Å²) >= 11 is 2.01. The van der Waals surface area contributed by atoms with Crippen LogP contribution in [0, 0.1) is 0 Å². The minimum absolute atomic E-state index is 0.632. The van der Waals surface area contributed by atoms with Crippen molar-refractivity contribution in [3.63, 3.8) is 0 Å². The van der Waals surface area contributed by atoms with Gasteiger partial charge < -0.3 is 5.32 Å². The van der Waals surface area contributed by atoms with E-state index in [9.17, 15) is 0 Å². The summed E-state index contributed by atoms with van der Waals surface area (Å²) in [4.78, 5) is 0. The molecular formula is C17H23N3S. The molecule has 1 aromatic carbocycles. The topological polar surface area (TPSA) is 40.7 Å². The van der Waals surface area contributed by atoms with Gasteiger partial charge in [0.1, 0.15) is 0 Å². The minimum Gasteiger partial charge on any atom is -0.309 e. The number of benzene rings is 1. The van der Waals surface area contributed by atoms with Crippen LogP contribution in [0.3, 0.4) is 0 Å². The zero-order valence-electron chi connectivity index (χ0n) is 12.5. The molecule has 1 heterocycles. The average Bonchev–Trinajstić information content (AvgIpc) is 3.02. The molecule has 1 aliphatic rings. The summed E-state index contributed by atoms with van der Waals surface area (Å²) < 4.78 is 0. The van der Waals surface area contributed by atoms with Crippen molar-refractivity contribution in [2.45, 2.75) is 43.5 Å². The Morgan fingerprint density at radius 3 is 2.86 bits per heavy atom. The quantitative estimate of drug-likeness (QED) is 0.881. The molecule has 1 aromatic heterocycles. The third kappa shape index (κ3) is 3.50. The predicted molar refractivity (Wildman–Crippen MR) is 90.4 cm³/mol. The Morgan fingerprint density at radius 2 is 2.05 bits per heavy atom. The molecule has 2 atom stereocenters. The van der Waals surface area contributed by atoms with Gasteiger partial charge in [0, 0.05) is 23.4 Å². The van der Waals surface area contributed by atoms with Gasteiger partial charge in [0.05, 0.1) is 11.9 Å². The lowest BCUT2D eigenvalue weighted by Crippen LogP contribution is -2.39. The van der Waals surface area contributed by atoms with E-state index < -0.39 is 0 Å². The highest BCUT2D eigenvalue weighted by Gasteiger charge is 2.24. The van der Waals surface area contributed by atoms with Gasteiger partial charge in [-0.1, -0.05) is 43.2 Å². The van der Waals surface area contributed by atoms with Gasteiger partial charge in [-0.3, -0.25) is 5.10 Å². The fraction of sp³-hybridized carbons (Fsp3) is 0.471. The van der Waals surface area contributed by atoms with Gasteiger partial charge in [-0.2, -0.15) is 16.9 Å². The van der Waals surface area contributed by atoms with Gasteiger partial charge in [-0.25, -0.2) is 0 Å². The lowest BCUT2D eigenvalue weighted by Gasteiger charge is -2.31. The van der Waals surface area contributed by atoms with Gasteiger partial charge in [-0.05, 0) is 24.7 Å². The highest BCUT2D eigenvalue weighted by atomic mass is 32.2. The predicted octanol–water partition coefficient (Wildman–Crippen LogP) is 3.84. The summed E-state index contributed by atoms with van der Waals surface area (Å²) in [6.07, 6.45) is 9.56. The number of aromatic nitrogens is 2. The molecule has 3 nitrogen and oxygen atoms in total. The Hall–Kier alpha value is -1.26. The van der Waals surface area contributed by atoms with Crippen LogP contribution in [0.1, 0.15) is 31.2 Å². The monoisotopic (exact) mass is 301 g/mol. The fourth-order valence-electron chi connectivity index (χ4n) is 3.15. The standard InChI is InChI=1S/C17H23N3S/c1-21-16-10-6-5-9-15(16)18-11-14-12-19-20-17(14)13-7-3-2-4-8-13/h2-4,7-8,12,15-16,18H,5-6,9-11H2,1H3,(H,19,20). The third-order valence-corrected chi connectivity index (χ3v) is 5.51. The summed E-state index contributed by atoms with van der Waals surface area (Å²) in [5.74, 6) is 0. The van der Waals surface area contributed by atoms with E-state index >= 15 is 0 Å². The molecule has 4 heteroatoms. The number of H-pyrrole nitrogens is 1. The highest BCUT2D eigenvalue weighted by Crippen LogP contribution is 2.28. The number of rotatable bonds is 5. The minimum atomic E-state index is 0.632. The molecule has 21 heavy (non-hydrogen) atoms. The zero-order chi connectivity index (χ0) is 14.5. The van der Waals surface area contributed by atoms with Gasteiger partial charge in [0.25, 0.3) is 0 Å². The van der Waals surface area contributed by atoms with Crippen molar-refractivity contribution in [2.24, 2.45) is 0 Å². The summed E-state index contributed by atoms with van der Waals surface area (Å²) in [7, 11) is 0. The van der Waals surface area contributed by atoms with Crippen molar-refractivity contribution in [3.8, 4) is 11.3 Å². The average molecular weight is 301 g/mol. The lowest BCUT2D eigenvalue weighted by atomic mass is 9.94. The van der Waals surface area contributed by atoms with Gasteiger partial charge in [-0.15, -0.1) is 0 Å². The second-order valence-corrected chi connectivity index (χ2v) is 6.76. The first kappa shape index (κ1) is 14.7. The third-order valence-electron chi connectivity index (χ3n) is 4.34. The first-order chi connectivity index (χ1) is 10.4. The molecule has 2 aromatic rings. The van der Waals surface area contributed by atoms with E-state index in [-0.39, 0.29) is 0 Å². The Balaban J connectivity index is 1.67. The van der Waals surface area contributed by atoms with Crippen LogP contribution in [0.4, 0.5) is 0 Å². The SMILES string of the molecule is CSC1CCCCC1NCc1cn[nH]c1-c1ccccc1. The fourth-order valence-corrected chi connectivity index (χ4v) is 4.12. The Labute approximate surface area is 130 Å². The Kier molecular flexibility index (Phi) is 4.99. The Morgan fingerprint density at radius 1 is 1.24 bits per heavy atom. The molecule has 0 spiro atoms. The Bertz CT molecular complexity index is 552. The summed E-state index contributed by atoms with van der Waals surface area (Å²) in [6.45, 7) is 0.891. The first-order valence-electron chi connectivity index (χ1n) is 7.72. The van der Waals surface area contributed by atoms with Crippen LogP contribution in [-0.2, 0) is 6.54 Å². The van der Waals surface area contributed by atoms with Gasteiger partial charge in [0.2, 0.25) is 0 Å². The van der Waals surface area contributed by atoms with E-state index in [1.807, 2.05) is 24.0 Å². The lowest BCUT2D eigenvalue weighted by molar-refractivity contribution is 0.383. The van der Waals surface area contributed by atoms with E-state index in [4.69, 9.17) is 0 Å². The molecular weight excluding hydrogens is 278 g/mol. The molecule has 1 aliphatic carbocycles. The number of thioether (sulfide) groups is 1. The molecule has 112 valence electrons. The second kappa shape index (κ2) is 7.14. The van der Waals surface area contributed by atoms with Gasteiger partial charge in [0.15, 0.2) is 0 Å². The first-order valence-corrected chi connectivity index (χ1v) is 9.01. The molecule has 0 amide bonds. The van der Waals surface area contributed by atoms with Crippen LogP contribution in [0.25, 0.3) is 11.3 Å². The number of hydrogen-bond acceptors (Lipinski definition) is 3. The number of nitrogens with zero attached hydrogens (tertiary/aromatic N) is 1. The molecule has 1 fully saturated rings. The smallest absolute Gasteiger partial charge is 0.0695 e. The summed E-state index contributed by atoms with van der Waals surface area (Å²) in [5.41, 5.74) is 3.60. The number of hydrogen-bond donors (Lipinski definition) is 2. The van der Waals surface area contributed by atoms with Crippen LogP contribution < -0.4 is 5.32 Å². The zero-order valence-corrected chi connectivity index (χ0v) is 13.3. The van der Waals surface area contributed by atoms with E-state index in [1.54, 1.807) is 0 Å². The van der Waals surface area contributed by atoms with Crippen LogP contribution in [0.2, 0.25) is 0 Å². The van der Waals surface area contributed by atoms with E-state index in [1.165, 1.54) is 36.8 Å². The van der Waals surface area contributed by atoms with Crippen molar-refractivity contribution in [1.82, 2.24) is 15.5 Å². The number of nitrogens with one attached hydrogen (secondary N) is 2. The largest absolute Gasteiger partial charge is 0.309 e.